The monoisotopic (exact) mass is 362 g/mol. The second-order valence-electron chi connectivity index (χ2n) is 5.20. The van der Waals surface area contributed by atoms with E-state index in [0.29, 0.717) is 0 Å². The number of hydrogen-bond donors (Lipinski definition) is 1. The van der Waals surface area contributed by atoms with Gasteiger partial charge in [0, 0.05) is 16.7 Å². The minimum atomic E-state index is -0.196. The van der Waals surface area contributed by atoms with Gasteiger partial charge in [0.25, 0.3) is 5.56 Å². The molecule has 1 aromatic carbocycles. The molecular formula is C17H19BrN2O2. The Kier molecular flexibility index (Phi) is 5.55. The van der Waals surface area contributed by atoms with Gasteiger partial charge in [-0.25, -0.2) is 0 Å². The second-order valence-corrected chi connectivity index (χ2v) is 6.11. The molecule has 0 aliphatic heterocycles. The van der Waals surface area contributed by atoms with Crippen molar-refractivity contribution in [2.75, 3.05) is 0 Å². The zero-order chi connectivity index (χ0) is 16.1. The largest absolute Gasteiger partial charge is 0.348 e. The van der Waals surface area contributed by atoms with Crippen molar-refractivity contribution in [3.05, 3.63) is 68.5 Å². The van der Waals surface area contributed by atoms with Gasteiger partial charge in [-0.1, -0.05) is 31.2 Å². The lowest BCUT2D eigenvalue weighted by atomic mass is 10.1. The van der Waals surface area contributed by atoms with E-state index >= 15 is 0 Å². The van der Waals surface area contributed by atoms with Crippen molar-refractivity contribution in [1.82, 2.24) is 9.88 Å². The maximum Gasteiger partial charge on any atom is 0.251 e. The summed E-state index contributed by atoms with van der Waals surface area (Å²) < 4.78 is 2.15. The topological polar surface area (TPSA) is 51.1 Å². The van der Waals surface area contributed by atoms with E-state index in [1.807, 2.05) is 19.1 Å². The predicted octanol–water partition coefficient (Wildman–Crippen LogP) is 3.05. The number of nitrogens with one attached hydrogen (secondary N) is 1. The molecule has 5 heteroatoms. The van der Waals surface area contributed by atoms with E-state index in [1.165, 1.54) is 16.2 Å². The molecule has 0 bridgehead atoms. The van der Waals surface area contributed by atoms with Crippen LogP contribution in [-0.4, -0.2) is 10.5 Å². The molecule has 0 fully saturated rings. The standard InChI is InChI=1S/C17H19BrN2O2/c1-3-13-4-6-14(7-5-13)12(2)19-16(21)11-20-10-15(18)8-9-17(20)22/h4-10,12H,3,11H2,1-2H3,(H,19,21). The van der Waals surface area contributed by atoms with E-state index in [4.69, 9.17) is 0 Å². The minimum Gasteiger partial charge on any atom is -0.348 e. The summed E-state index contributed by atoms with van der Waals surface area (Å²) in [4.78, 5) is 23.8. The first-order valence-corrected chi connectivity index (χ1v) is 8.03. The average Bonchev–Trinajstić information content (AvgIpc) is 2.51. The molecule has 1 unspecified atom stereocenters. The molecule has 0 saturated heterocycles. The van der Waals surface area contributed by atoms with Crippen LogP contribution in [0.25, 0.3) is 0 Å². The Morgan fingerprint density at radius 3 is 2.55 bits per heavy atom. The Bertz CT molecular complexity index is 707. The van der Waals surface area contributed by atoms with Gasteiger partial charge in [-0.05, 0) is 46.5 Å². The van der Waals surface area contributed by atoms with Gasteiger partial charge < -0.3 is 9.88 Å². The molecule has 0 aliphatic rings. The van der Waals surface area contributed by atoms with Crippen LogP contribution in [-0.2, 0) is 17.8 Å². The molecule has 1 amide bonds. The minimum absolute atomic E-state index is 0.00958. The molecule has 1 heterocycles. The molecule has 0 spiro atoms. The van der Waals surface area contributed by atoms with E-state index in [-0.39, 0.29) is 24.1 Å². The van der Waals surface area contributed by atoms with Gasteiger partial charge in [-0.3, -0.25) is 9.59 Å². The Balaban J connectivity index is 2.01. The van der Waals surface area contributed by atoms with Crippen molar-refractivity contribution in [3.63, 3.8) is 0 Å². The summed E-state index contributed by atoms with van der Waals surface area (Å²) in [6, 6.07) is 11.2. The van der Waals surface area contributed by atoms with Crippen LogP contribution in [0.4, 0.5) is 0 Å². The Morgan fingerprint density at radius 1 is 1.23 bits per heavy atom. The van der Waals surface area contributed by atoms with Gasteiger partial charge in [-0.2, -0.15) is 0 Å². The fourth-order valence-electron chi connectivity index (χ4n) is 2.19. The molecule has 2 aromatic rings. The summed E-state index contributed by atoms with van der Waals surface area (Å²) >= 11 is 3.30. The van der Waals surface area contributed by atoms with Gasteiger partial charge in [0.1, 0.15) is 6.54 Å². The van der Waals surface area contributed by atoms with Crippen LogP contribution < -0.4 is 10.9 Å². The molecule has 22 heavy (non-hydrogen) atoms. The molecule has 1 aromatic heterocycles. The maximum atomic E-state index is 12.1. The lowest BCUT2D eigenvalue weighted by Gasteiger charge is -2.15. The van der Waals surface area contributed by atoms with Crippen LogP contribution in [0.3, 0.4) is 0 Å². The fourth-order valence-corrected chi connectivity index (χ4v) is 2.57. The van der Waals surface area contributed by atoms with Crippen LogP contribution in [0.1, 0.15) is 31.0 Å². The summed E-state index contributed by atoms with van der Waals surface area (Å²) in [6.07, 6.45) is 2.61. The third-order valence-electron chi connectivity index (χ3n) is 3.53. The third-order valence-corrected chi connectivity index (χ3v) is 4.00. The highest BCUT2D eigenvalue weighted by Crippen LogP contribution is 2.13. The summed E-state index contributed by atoms with van der Waals surface area (Å²) in [6.45, 7) is 4.05. The van der Waals surface area contributed by atoms with Crippen molar-refractivity contribution < 1.29 is 4.79 Å². The van der Waals surface area contributed by atoms with Crippen molar-refractivity contribution in [3.8, 4) is 0 Å². The van der Waals surface area contributed by atoms with Crippen LogP contribution in [0.5, 0.6) is 0 Å². The Hall–Kier alpha value is -1.88. The van der Waals surface area contributed by atoms with Crippen molar-refractivity contribution in [1.29, 1.82) is 0 Å². The maximum absolute atomic E-state index is 12.1. The van der Waals surface area contributed by atoms with Gasteiger partial charge in [-0.15, -0.1) is 0 Å². The van der Waals surface area contributed by atoms with Crippen LogP contribution >= 0.6 is 15.9 Å². The Morgan fingerprint density at radius 2 is 1.91 bits per heavy atom. The van der Waals surface area contributed by atoms with E-state index in [2.05, 4.69) is 40.3 Å². The molecule has 4 nitrogen and oxygen atoms in total. The highest BCUT2D eigenvalue weighted by atomic mass is 79.9. The number of rotatable bonds is 5. The van der Waals surface area contributed by atoms with E-state index in [9.17, 15) is 9.59 Å². The molecule has 116 valence electrons. The lowest BCUT2D eigenvalue weighted by molar-refractivity contribution is -0.122. The number of amides is 1. The quantitative estimate of drug-likeness (QED) is 0.888. The number of hydrogen-bond acceptors (Lipinski definition) is 2. The summed E-state index contributed by atoms with van der Waals surface area (Å²) in [5, 5.41) is 2.91. The number of benzene rings is 1. The third kappa shape index (κ3) is 4.31. The first kappa shape index (κ1) is 16.5. The number of carbonyl (C=O) groups is 1. The fraction of sp³-hybridized carbons (Fsp3) is 0.294. The molecule has 0 radical (unpaired) electrons. The SMILES string of the molecule is CCc1ccc(C(C)NC(=O)Cn2cc(Br)ccc2=O)cc1. The second kappa shape index (κ2) is 7.40. The molecule has 1 N–H and O–H groups in total. The molecule has 2 rings (SSSR count). The van der Waals surface area contributed by atoms with Crippen molar-refractivity contribution >= 4 is 21.8 Å². The van der Waals surface area contributed by atoms with Gasteiger partial charge >= 0.3 is 0 Å². The van der Waals surface area contributed by atoms with Gasteiger partial charge in [0.2, 0.25) is 5.91 Å². The number of pyridine rings is 1. The highest BCUT2D eigenvalue weighted by Gasteiger charge is 2.10. The number of aromatic nitrogens is 1. The smallest absolute Gasteiger partial charge is 0.251 e. The Labute approximate surface area is 138 Å². The molecular weight excluding hydrogens is 344 g/mol. The molecule has 0 aliphatic carbocycles. The highest BCUT2D eigenvalue weighted by molar-refractivity contribution is 9.10. The van der Waals surface area contributed by atoms with Crippen LogP contribution in [0.15, 0.2) is 51.9 Å². The van der Waals surface area contributed by atoms with Crippen molar-refractivity contribution in [2.24, 2.45) is 0 Å². The summed E-state index contributed by atoms with van der Waals surface area (Å²) in [5.74, 6) is -0.188. The van der Waals surface area contributed by atoms with E-state index in [0.717, 1.165) is 16.5 Å². The summed E-state index contributed by atoms with van der Waals surface area (Å²) in [7, 11) is 0. The van der Waals surface area contributed by atoms with Crippen molar-refractivity contribution in [2.45, 2.75) is 32.9 Å². The van der Waals surface area contributed by atoms with Gasteiger partial charge in [0.05, 0.1) is 6.04 Å². The van der Waals surface area contributed by atoms with E-state index < -0.39 is 0 Å². The van der Waals surface area contributed by atoms with Gasteiger partial charge in [0.15, 0.2) is 0 Å². The summed E-state index contributed by atoms with van der Waals surface area (Å²) in [5.41, 5.74) is 2.12. The number of aryl methyl sites for hydroxylation is 1. The normalized spacial score (nSPS) is 12.0. The zero-order valence-corrected chi connectivity index (χ0v) is 14.3. The van der Waals surface area contributed by atoms with E-state index in [1.54, 1.807) is 12.3 Å². The van der Waals surface area contributed by atoms with Crippen LogP contribution in [0.2, 0.25) is 0 Å². The number of halogens is 1. The average molecular weight is 363 g/mol. The predicted molar refractivity (Wildman–Crippen MR) is 90.8 cm³/mol. The molecule has 0 saturated carbocycles. The number of nitrogens with zero attached hydrogens (tertiary/aromatic N) is 1. The lowest BCUT2D eigenvalue weighted by Crippen LogP contribution is -2.33. The molecule has 1 atom stereocenters. The number of carbonyl (C=O) groups excluding carboxylic acids is 1. The zero-order valence-electron chi connectivity index (χ0n) is 12.7. The van der Waals surface area contributed by atoms with Crippen LogP contribution in [0, 0.1) is 0 Å². The first-order chi connectivity index (χ1) is 10.5. The first-order valence-electron chi connectivity index (χ1n) is 7.23.